The lowest BCUT2D eigenvalue weighted by molar-refractivity contribution is -0.130. The van der Waals surface area contributed by atoms with E-state index in [1.54, 1.807) is 6.20 Å². The first-order valence-corrected chi connectivity index (χ1v) is 7.62. The second-order valence-corrected chi connectivity index (χ2v) is 5.52. The number of aryl methyl sites for hydroxylation is 1. The van der Waals surface area contributed by atoms with Crippen LogP contribution in [0, 0.1) is 6.92 Å². The van der Waals surface area contributed by atoms with Crippen LogP contribution in [0.15, 0.2) is 18.3 Å². The van der Waals surface area contributed by atoms with E-state index in [1.165, 1.54) is 19.3 Å². The highest BCUT2D eigenvalue weighted by Gasteiger charge is 2.20. The van der Waals surface area contributed by atoms with Crippen LogP contribution in [-0.4, -0.2) is 41.5 Å². The molecule has 1 saturated heterocycles. The molecule has 2 rings (SSSR count). The molecule has 1 aromatic rings. The van der Waals surface area contributed by atoms with Crippen LogP contribution in [0.3, 0.4) is 0 Å². The van der Waals surface area contributed by atoms with Gasteiger partial charge in [0.2, 0.25) is 5.91 Å². The number of likely N-dealkylation sites (N-methyl/N-ethyl adjacent to an activating group) is 1. The predicted octanol–water partition coefficient (Wildman–Crippen LogP) is 1.92. The number of nitrogens with zero attached hydrogens (tertiary/aromatic N) is 2. The Morgan fingerprint density at radius 2 is 2.35 bits per heavy atom. The van der Waals surface area contributed by atoms with Gasteiger partial charge >= 0.3 is 0 Å². The van der Waals surface area contributed by atoms with Crippen LogP contribution < -0.4 is 5.32 Å². The molecule has 4 heteroatoms. The van der Waals surface area contributed by atoms with Crippen LogP contribution >= 0.6 is 0 Å². The first-order valence-electron chi connectivity index (χ1n) is 7.62. The van der Waals surface area contributed by atoms with Crippen molar-refractivity contribution in [3.8, 4) is 0 Å². The molecule has 0 aliphatic carbocycles. The van der Waals surface area contributed by atoms with Crippen molar-refractivity contribution in [2.75, 3.05) is 19.6 Å². The smallest absolute Gasteiger partial charge is 0.228 e. The summed E-state index contributed by atoms with van der Waals surface area (Å²) < 4.78 is 0. The van der Waals surface area contributed by atoms with Gasteiger partial charge in [0.15, 0.2) is 0 Å². The van der Waals surface area contributed by atoms with Crippen LogP contribution in [0.2, 0.25) is 0 Å². The second-order valence-electron chi connectivity index (χ2n) is 5.52. The van der Waals surface area contributed by atoms with Crippen molar-refractivity contribution in [3.63, 3.8) is 0 Å². The Morgan fingerprint density at radius 1 is 1.50 bits per heavy atom. The minimum Gasteiger partial charge on any atom is -0.341 e. The largest absolute Gasteiger partial charge is 0.341 e. The van der Waals surface area contributed by atoms with Crippen LogP contribution in [0.5, 0.6) is 0 Å². The molecule has 1 aromatic heterocycles. The van der Waals surface area contributed by atoms with Gasteiger partial charge in [0.1, 0.15) is 0 Å². The van der Waals surface area contributed by atoms with Gasteiger partial charge in [0.25, 0.3) is 0 Å². The van der Waals surface area contributed by atoms with E-state index in [0.717, 1.165) is 30.9 Å². The molecule has 0 spiro atoms. The van der Waals surface area contributed by atoms with Crippen LogP contribution in [0.25, 0.3) is 0 Å². The van der Waals surface area contributed by atoms with E-state index >= 15 is 0 Å². The third kappa shape index (κ3) is 4.04. The standard InChI is InChI=1S/C16H25N3O/c1-3-19(12-14-8-4-5-9-17-14)16(20)11-15-13(2)7-6-10-18-15/h6-7,10,14,17H,3-5,8-9,11-12H2,1-2H3. The quantitative estimate of drug-likeness (QED) is 0.893. The number of amides is 1. The molecule has 1 aliphatic rings. The van der Waals surface area contributed by atoms with Crippen molar-refractivity contribution in [2.45, 2.75) is 45.6 Å². The summed E-state index contributed by atoms with van der Waals surface area (Å²) in [5.74, 6) is 0.182. The van der Waals surface area contributed by atoms with Crippen molar-refractivity contribution in [2.24, 2.45) is 0 Å². The molecule has 0 radical (unpaired) electrons. The SMILES string of the molecule is CCN(CC1CCCCN1)C(=O)Cc1ncccc1C. The van der Waals surface area contributed by atoms with Gasteiger partial charge in [-0.15, -0.1) is 0 Å². The average molecular weight is 275 g/mol. The summed E-state index contributed by atoms with van der Waals surface area (Å²) in [6.45, 7) is 6.72. The summed E-state index contributed by atoms with van der Waals surface area (Å²) >= 11 is 0. The van der Waals surface area contributed by atoms with E-state index in [9.17, 15) is 4.79 Å². The third-order valence-corrected chi connectivity index (χ3v) is 4.02. The van der Waals surface area contributed by atoms with Gasteiger partial charge in [-0.2, -0.15) is 0 Å². The molecule has 1 amide bonds. The monoisotopic (exact) mass is 275 g/mol. The van der Waals surface area contributed by atoms with Crippen molar-refractivity contribution in [1.82, 2.24) is 15.2 Å². The normalized spacial score (nSPS) is 18.8. The molecule has 20 heavy (non-hydrogen) atoms. The van der Waals surface area contributed by atoms with Crippen LogP contribution in [0.4, 0.5) is 0 Å². The van der Waals surface area contributed by atoms with Gasteiger partial charge in [-0.3, -0.25) is 9.78 Å². The van der Waals surface area contributed by atoms with Crippen LogP contribution in [-0.2, 0) is 11.2 Å². The molecular formula is C16H25N3O. The van der Waals surface area contributed by atoms with Gasteiger partial charge in [-0.25, -0.2) is 0 Å². The summed E-state index contributed by atoms with van der Waals surface area (Å²) in [6.07, 6.45) is 5.86. The summed E-state index contributed by atoms with van der Waals surface area (Å²) in [4.78, 5) is 18.7. The molecular weight excluding hydrogens is 250 g/mol. The Bertz CT molecular complexity index is 441. The summed E-state index contributed by atoms with van der Waals surface area (Å²) in [5.41, 5.74) is 1.99. The van der Waals surface area contributed by atoms with E-state index in [-0.39, 0.29) is 5.91 Å². The highest BCUT2D eigenvalue weighted by molar-refractivity contribution is 5.78. The summed E-state index contributed by atoms with van der Waals surface area (Å²) in [6, 6.07) is 4.37. The molecule has 0 aromatic carbocycles. The Hall–Kier alpha value is -1.42. The van der Waals surface area contributed by atoms with Gasteiger partial charge in [-0.1, -0.05) is 12.5 Å². The predicted molar refractivity (Wildman–Crippen MR) is 80.6 cm³/mol. The number of carbonyl (C=O) groups is 1. The fourth-order valence-corrected chi connectivity index (χ4v) is 2.71. The molecule has 1 atom stereocenters. The Kier molecular flexibility index (Phi) is 5.53. The molecule has 1 unspecified atom stereocenters. The Balaban J connectivity index is 1.93. The Morgan fingerprint density at radius 3 is 3.00 bits per heavy atom. The minimum absolute atomic E-state index is 0.182. The maximum Gasteiger partial charge on any atom is 0.228 e. The van der Waals surface area contributed by atoms with E-state index in [4.69, 9.17) is 0 Å². The second kappa shape index (κ2) is 7.39. The van der Waals surface area contributed by atoms with Gasteiger partial charge in [0, 0.05) is 25.3 Å². The van der Waals surface area contributed by atoms with E-state index in [1.807, 2.05) is 30.9 Å². The molecule has 2 heterocycles. The fraction of sp³-hybridized carbons (Fsp3) is 0.625. The molecule has 110 valence electrons. The number of hydrogen-bond donors (Lipinski definition) is 1. The number of nitrogens with one attached hydrogen (secondary N) is 1. The van der Waals surface area contributed by atoms with Gasteiger partial charge in [-0.05, 0) is 44.9 Å². The van der Waals surface area contributed by atoms with Crippen molar-refractivity contribution < 1.29 is 4.79 Å². The Labute approximate surface area is 121 Å². The van der Waals surface area contributed by atoms with E-state index in [0.29, 0.717) is 12.5 Å². The molecule has 1 fully saturated rings. The number of hydrogen-bond acceptors (Lipinski definition) is 3. The zero-order chi connectivity index (χ0) is 14.4. The number of carbonyl (C=O) groups excluding carboxylic acids is 1. The third-order valence-electron chi connectivity index (χ3n) is 4.02. The van der Waals surface area contributed by atoms with Crippen molar-refractivity contribution in [1.29, 1.82) is 0 Å². The maximum absolute atomic E-state index is 12.4. The lowest BCUT2D eigenvalue weighted by Gasteiger charge is -2.30. The first-order chi connectivity index (χ1) is 9.70. The van der Waals surface area contributed by atoms with Crippen molar-refractivity contribution >= 4 is 5.91 Å². The molecule has 1 N–H and O–H groups in total. The number of rotatable bonds is 5. The van der Waals surface area contributed by atoms with Gasteiger partial charge in [0.05, 0.1) is 12.1 Å². The lowest BCUT2D eigenvalue weighted by Crippen LogP contribution is -2.46. The zero-order valence-corrected chi connectivity index (χ0v) is 12.6. The van der Waals surface area contributed by atoms with E-state index < -0.39 is 0 Å². The molecule has 0 bridgehead atoms. The molecule has 4 nitrogen and oxygen atoms in total. The summed E-state index contributed by atoms with van der Waals surface area (Å²) in [7, 11) is 0. The fourth-order valence-electron chi connectivity index (χ4n) is 2.71. The van der Waals surface area contributed by atoms with Crippen molar-refractivity contribution in [3.05, 3.63) is 29.6 Å². The number of aromatic nitrogens is 1. The maximum atomic E-state index is 12.4. The lowest BCUT2D eigenvalue weighted by atomic mass is 10.0. The zero-order valence-electron chi connectivity index (χ0n) is 12.6. The topological polar surface area (TPSA) is 45.2 Å². The van der Waals surface area contributed by atoms with Crippen LogP contribution in [0.1, 0.15) is 37.4 Å². The molecule has 0 saturated carbocycles. The van der Waals surface area contributed by atoms with Gasteiger partial charge < -0.3 is 10.2 Å². The molecule has 1 aliphatic heterocycles. The highest BCUT2D eigenvalue weighted by atomic mass is 16.2. The van der Waals surface area contributed by atoms with E-state index in [2.05, 4.69) is 10.3 Å². The summed E-state index contributed by atoms with van der Waals surface area (Å²) in [5, 5.41) is 3.50. The number of pyridine rings is 1. The number of piperidine rings is 1. The highest BCUT2D eigenvalue weighted by Crippen LogP contribution is 2.11. The minimum atomic E-state index is 0.182. The first kappa shape index (κ1) is 15.0. The average Bonchev–Trinajstić information content (AvgIpc) is 2.48.